The number of hydrogen-bond donors (Lipinski definition) is 1. The van der Waals surface area contributed by atoms with Crippen LogP contribution < -0.4 is 9.62 Å². The van der Waals surface area contributed by atoms with Crippen molar-refractivity contribution in [1.29, 1.82) is 0 Å². The molecule has 0 heterocycles. The van der Waals surface area contributed by atoms with Gasteiger partial charge in [0, 0.05) is 0 Å². The molecule has 2 atom stereocenters. The van der Waals surface area contributed by atoms with Crippen LogP contribution >= 0.6 is 0 Å². The predicted molar refractivity (Wildman–Crippen MR) is 124 cm³/mol. The molecule has 2 aromatic rings. The summed E-state index contributed by atoms with van der Waals surface area (Å²) in [6.45, 7) is 9.90. The van der Waals surface area contributed by atoms with Gasteiger partial charge < -0.3 is 5.32 Å². The molecule has 0 saturated carbocycles. The van der Waals surface area contributed by atoms with E-state index in [0.717, 1.165) is 29.4 Å². The molecule has 0 radical (unpaired) electrons. The molecular weight excluding hydrogens is 396 g/mol. The maximum Gasteiger partial charge on any atom is 0.244 e. The summed E-state index contributed by atoms with van der Waals surface area (Å²) < 4.78 is 26.7. The van der Waals surface area contributed by atoms with Crippen molar-refractivity contribution in [2.75, 3.05) is 10.6 Å². The monoisotopic (exact) mass is 430 g/mol. The van der Waals surface area contributed by atoms with Gasteiger partial charge in [0.15, 0.2) is 0 Å². The predicted octanol–water partition coefficient (Wildman–Crippen LogP) is 4.75. The van der Waals surface area contributed by atoms with Crippen LogP contribution in [0.1, 0.15) is 56.3 Å². The fraction of sp³-hybridized carbons (Fsp3) is 0.458. The molecule has 0 unspecified atom stereocenters. The van der Waals surface area contributed by atoms with E-state index in [2.05, 4.69) is 19.2 Å². The fourth-order valence-electron chi connectivity index (χ4n) is 3.84. The molecule has 2 rings (SSSR count). The first-order chi connectivity index (χ1) is 14.0. The highest BCUT2D eigenvalue weighted by Crippen LogP contribution is 2.27. The summed E-state index contributed by atoms with van der Waals surface area (Å²) in [7, 11) is -3.66. The molecule has 1 N–H and O–H groups in total. The van der Waals surface area contributed by atoms with Gasteiger partial charge in [-0.05, 0) is 61.4 Å². The highest BCUT2D eigenvalue weighted by Gasteiger charge is 2.33. The highest BCUT2D eigenvalue weighted by atomic mass is 32.2. The van der Waals surface area contributed by atoms with Crippen LogP contribution in [-0.4, -0.2) is 26.6 Å². The van der Waals surface area contributed by atoms with E-state index < -0.39 is 16.1 Å². The lowest BCUT2D eigenvalue weighted by atomic mass is 9.96. The summed E-state index contributed by atoms with van der Waals surface area (Å²) in [5.74, 6) is 0.0950. The van der Waals surface area contributed by atoms with E-state index in [-0.39, 0.29) is 11.9 Å². The van der Waals surface area contributed by atoms with Crippen LogP contribution in [0, 0.1) is 19.8 Å². The van der Waals surface area contributed by atoms with Gasteiger partial charge in [-0.2, -0.15) is 0 Å². The SMILES string of the molecule is CC[C@H](C(=O)N[C@H](CC(C)C)c1ccccc1)N(c1cc(C)cc(C)c1)S(C)(=O)=O. The second kappa shape index (κ2) is 10.1. The Balaban J connectivity index is 2.41. The largest absolute Gasteiger partial charge is 0.347 e. The van der Waals surface area contributed by atoms with Crippen molar-refractivity contribution in [2.24, 2.45) is 5.92 Å². The second-order valence-corrected chi connectivity index (χ2v) is 10.3. The molecule has 0 spiro atoms. The maximum atomic E-state index is 13.4. The summed E-state index contributed by atoms with van der Waals surface area (Å²) in [6, 6.07) is 14.4. The van der Waals surface area contributed by atoms with Crippen LogP contribution in [0.25, 0.3) is 0 Å². The summed E-state index contributed by atoms with van der Waals surface area (Å²) in [4.78, 5) is 13.4. The van der Waals surface area contributed by atoms with Crippen molar-refractivity contribution in [2.45, 2.75) is 59.5 Å². The summed E-state index contributed by atoms with van der Waals surface area (Å²) in [6.07, 6.45) is 2.30. The van der Waals surface area contributed by atoms with Gasteiger partial charge >= 0.3 is 0 Å². The summed E-state index contributed by atoms with van der Waals surface area (Å²) >= 11 is 0. The topological polar surface area (TPSA) is 66.5 Å². The Kier molecular flexibility index (Phi) is 8.07. The van der Waals surface area contributed by atoms with Crippen LogP contribution in [0.15, 0.2) is 48.5 Å². The molecule has 0 aliphatic heterocycles. The van der Waals surface area contributed by atoms with Gasteiger partial charge in [0.25, 0.3) is 0 Å². The molecule has 30 heavy (non-hydrogen) atoms. The lowest BCUT2D eigenvalue weighted by Crippen LogP contribution is -2.50. The van der Waals surface area contributed by atoms with Gasteiger partial charge in [-0.1, -0.05) is 57.2 Å². The highest BCUT2D eigenvalue weighted by molar-refractivity contribution is 7.92. The van der Waals surface area contributed by atoms with E-state index >= 15 is 0 Å². The van der Waals surface area contributed by atoms with Crippen LogP contribution in [0.4, 0.5) is 5.69 Å². The second-order valence-electron chi connectivity index (χ2n) is 8.43. The number of carbonyl (C=O) groups is 1. The van der Waals surface area contributed by atoms with E-state index in [1.165, 1.54) is 4.31 Å². The first-order valence-corrected chi connectivity index (χ1v) is 12.3. The van der Waals surface area contributed by atoms with Gasteiger partial charge in [0.2, 0.25) is 15.9 Å². The van der Waals surface area contributed by atoms with Crippen LogP contribution in [0.2, 0.25) is 0 Å². The average molecular weight is 431 g/mol. The van der Waals surface area contributed by atoms with Gasteiger partial charge in [0.1, 0.15) is 6.04 Å². The quantitative estimate of drug-likeness (QED) is 0.624. The molecule has 164 valence electrons. The van der Waals surface area contributed by atoms with Crippen LogP contribution in [0.5, 0.6) is 0 Å². The zero-order chi connectivity index (χ0) is 22.5. The van der Waals surface area contributed by atoms with Crippen LogP contribution in [-0.2, 0) is 14.8 Å². The van der Waals surface area contributed by atoms with Crippen molar-refractivity contribution in [3.05, 3.63) is 65.2 Å². The molecule has 0 saturated heterocycles. The number of nitrogens with one attached hydrogen (secondary N) is 1. The van der Waals surface area contributed by atoms with E-state index in [1.807, 2.05) is 69.3 Å². The minimum Gasteiger partial charge on any atom is -0.347 e. The van der Waals surface area contributed by atoms with Gasteiger partial charge in [-0.3, -0.25) is 9.10 Å². The Hall–Kier alpha value is -2.34. The summed E-state index contributed by atoms with van der Waals surface area (Å²) in [5.41, 5.74) is 3.45. The first kappa shape index (κ1) is 23.9. The summed E-state index contributed by atoms with van der Waals surface area (Å²) in [5, 5.41) is 3.12. The molecule has 0 aliphatic carbocycles. The average Bonchev–Trinajstić information content (AvgIpc) is 2.63. The number of hydrogen-bond acceptors (Lipinski definition) is 3. The standard InChI is InChI=1S/C24H34N2O3S/c1-7-23(26(30(6,28)29)21-15-18(4)14-19(5)16-21)24(27)25-22(13-17(2)3)20-11-9-8-10-12-20/h8-12,14-17,22-23H,7,13H2,1-6H3,(H,25,27)/t22-,23-/m1/s1. The number of anilines is 1. The Bertz CT molecular complexity index is 935. The lowest BCUT2D eigenvalue weighted by molar-refractivity contribution is -0.123. The van der Waals surface area contributed by atoms with E-state index in [0.29, 0.717) is 18.0 Å². The molecular formula is C24H34N2O3S. The minimum absolute atomic E-state index is 0.173. The molecule has 5 nitrogen and oxygen atoms in total. The molecule has 1 amide bonds. The number of amides is 1. The third-order valence-electron chi connectivity index (χ3n) is 5.02. The lowest BCUT2D eigenvalue weighted by Gasteiger charge is -2.32. The Labute approximate surface area is 181 Å². The van der Waals surface area contributed by atoms with Crippen molar-refractivity contribution < 1.29 is 13.2 Å². The third-order valence-corrected chi connectivity index (χ3v) is 6.20. The van der Waals surface area contributed by atoms with Gasteiger partial charge in [-0.15, -0.1) is 0 Å². The number of aryl methyl sites for hydroxylation is 2. The molecule has 0 bridgehead atoms. The van der Waals surface area contributed by atoms with Crippen molar-refractivity contribution in [1.82, 2.24) is 5.32 Å². The zero-order valence-corrected chi connectivity index (χ0v) is 19.7. The molecule has 2 aromatic carbocycles. The smallest absolute Gasteiger partial charge is 0.244 e. The maximum absolute atomic E-state index is 13.4. The Morgan fingerprint density at radius 3 is 2.07 bits per heavy atom. The van der Waals surface area contributed by atoms with E-state index in [9.17, 15) is 13.2 Å². The molecule has 0 fully saturated rings. The Morgan fingerprint density at radius 2 is 1.60 bits per heavy atom. The Morgan fingerprint density at radius 1 is 1.03 bits per heavy atom. The van der Waals surface area contributed by atoms with E-state index in [4.69, 9.17) is 0 Å². The first-order valence-electron chi connectivity index (χ1n) is 10.5. The van der Waals surface area contributed by atoms with E-state index in [1.54, 1.807) is 0 Å². The van der Waals surface area contributed by atoms with Crippen LogP contribution in [0.3, 0.4) is 0 Å². The fourth-order valence-corrected chi connectivity index (χ4v) is 5.04. The van der Waals surface area contributed by atoms with Gasteiger partial charge in [0.05, 0.1) is 18.0 Å². The number of sulfonamides is 1. The van der Waals surface area contributed by atoms with Gasteiger partial charge in [-0.25, -0.2) is 8.42 Å². The number of carbonyl (C=O) groups excluding carboxylic acids is 1. The third kappa shape index (κ3) is 6.33. The molecule has 6 heteroatoms. The zero-order valence-electron chi connectivity index (χ0n) is 18.8. The van der Waals surface area contributed by atoms with Crippen molar-refractivity contribution in [3.63, 3.8) is 0 Å². The number of rotatable bonds is 9. The van der Waals surface area contributed by atoms with Crippen molar-refractivity contribution in [3.8, 4) is 0 Å². The minimum atomic E-state index is -3.66. The van der Waals surface area contributed by atoms with Crippen molar-refractivity contribution >= 4 is 21.6 Å². The molecule has 0 aliphatic rings. The normalized spacial score (nSPS) is 13.7. The number of nitrogens with zero attached hydrogens (tertiary/aromatic N) is 1. The number of benzene rings is 2. The molecule has 0 aromatic heterocycles.